The molecule has 1 heterocycles. The second-order valence-corrected chi connectivity index (χ2v) is 4.64. The Kier molecular flexibility index (Phi) is 6.53. The lowest BCUT2D eigenvalue weighted by Gasteiger charge is -2.24. The molecule has 1 rings (SSSR count). The molecule has 8 heteroatoms. The van der Waals surface area contributed by atoms with E-state index in [1.54, 1.807) is 4.90 Å². The lowest BCUT2D eigenvalue weighted by atomic mass is 10.2. The predicted molar refractivity (Wildman–Crippen MR) is 63.6 cm³/mol. The fourth-order valence-corrected chi connectivity index (χ4v) is 2.06. The van der Waals surface area contributed by atoms with E-state index >= 15 is 0 Å². The first-order chi connectivity index (χ1) is 8.90. The van der Waals surface area contributed by atoms with Crippen LogP contribution >= 0.6 is 0 Å². The summed E-state index contributed by atoms with van der Waals surface area (Å²) in [4.78, 5) is 13.1. The number of amides is 1. The Hall–Kier alpha value is -0.860. The fraction of sp³-hybridized carbons (Fsp3) is 0.909. The van der Waals surface area contributed by atoms with E-state index in [1.165, 1.54) is 0 Å². The fourth-order valence-electron chi connectivity index (χ4n) is 2.06. The molecular weight excluding hydrogens is 263 g/mol. The number of carbonyl (C=O) groups is 1. The highest BCUT2D eigenvalue weighted by Crippen LogP contribution is 2.12. The second-order valence-electron chi connectivity index (χ2n) is 4.64. The van der Waals surface area contributed by atoms with Crippen molar-refractivity contribution in [1.29, 1.82) is 0 Å². The summed E-state index contributed by atoms with van der Waals surface area (Å²) in [5.41, 5.74) is 0. The average molecular weight is 283 g/mol. The molecule has 1 fully saturated rings. The van der Waals surface area contributed by atoms with E-state index in [0.717, 1.165) is 19.4 Å². The number of nitrogens with one attached hydrogen (secondary N) is 2. The molecular formula is C11H20F3N3O2. The molecule has 0 aromatic carbocycles. The number of aliphatic hydroxyl groups is 1. The van der Waals surface area contributed by atoms with Crippen LogP contribution in [-0.4, -0.2) is 67.5 Å². The molecule has 0 aliphatic carbocycles. The maximum absolute atomic E-state index is 12.0. The number of halogens is 3. The van der Waals surface area contributed by atoms with E-state index < -0.39 is 18.6 Å². The highest BCUT2D eigenvalue weighted by Gasteiger charge is 2.28. The molecule has 0 aromatic heterocycles. The Balaban J connectivity index is 2.32. The first-order valence-electron chi connectivity index (χ1n) is 6.31. The van der Waals surface area contributed by atoms with E-state index in [-0.39, 0.29) is 25.7 Å². The van der Waals surface area contributed by atoms with Gasteiger partial charge in [-0.3, -0.25) is 9.69 Å². The summed E-state index contributed by atoms with van der Waals surface area (Å²) in [7, 11) is 0. The Morgan fingerprint density at radius 1 is 1.47 bits per heavy atom. The summed E-state index contributed by atoms with van der Waals surface area (Å²) in [5.74, 6) is -0.677. The molecule has 1 atom stereocenters. The standard InChI is InChI=1S/C11H20F3N3O2/c12-11(13,14)8-16-10(19)7-17(4-5-18)6-9-2-1-3-15-9/h9,15,18H,1-8H2,(H,16,19). The number of nitrogens with zero attached hydrogens (tertiary/aromatic N) is 1. The molecule has 0 radical (unpaired) electrons. The van der Waals surface area contributed by atoms with Gasteiger partial charge in [-0.1, -0.05) is 0 Å². The lowest BCUT2D eigenvalue weighted by Crippen LogP contribution is -2.45. The zero-order valence-corrected chi connectivity index (χ0v) is 10.7. The van der Waals surface area contributed by atoms with Gasteiger partial charge in [0.25, 0.3) is 0 Å². The summed E-state index contributed by atoms with van der Waals surface area (Å²) < 4.78 is 35.9. The third kappa shape index (κ3) is 7.34. The van der Waals surface area contributed by atoms with Crippen LogP contribution in [0.5, 0.6) is 0 Å². The zero-order chi connectivity index (χ0) is 14.3. The molecule has 0 aromatic rings. The molecule has 1 unspecified atom stereocenters. The molecule has 0 spiro atoms. The minimum absolute atomic E-state index is 0.126. The van der Waals surface area contributed by atoms with Crippen LogP contribution in [0.25, 0.3) is 0 Å². The SMILES string of the molecule is O=C(CN(CCO)CC1CCCN1)NCC(F)(F)F. The number of hydrogen-bond donors (Lipinski definition) is 3. The molecule has 19 heavy (non-hydrogen) atoms. The summed E-state index contributed by atoms with van der Waals surface area (Å²) >= 11 is 0. The van der Waals surface area contributed by atoms with Gasteiger partial charge >= 0.3 is 6.18 Å². The van der Waals surface area contributed by atoms with Crippen LogP contribution in [0.3, 0.4) is 0 Å². The van der Waals surface area contributed by atoms with Crippen molar-refractivity contribution in [2.45, 2.75) is 25.1 Å². The molecule has 1 aliphatic rings. The van der Waals surface area contributed by atoms with Gasteiger partial charge in [-0.25, -0.2) is 0 Å². The number of hydrogen-bond acceptors (Lipinski definition) is 4. The van der Waals surface area contributed by atoms with Crippen LogP contribution in [0.15, 0.2) is 0 Å². The number of rotatable bonds is 7. The number of carbonyl (C=O) groups excluding carboxylic acids is 1. The smallest absolute Gasteiger partial charge is 0.395 e. The molecule has 3 N–H and O–H groups in total. The minimum atomic E-state index is -4.40. The van der Waals surface area contributed by atoms with E-state index in [9.17, 15) is 18.0 Å². The highest BCUT2D eigenvalue weighted by molar-refractivity contribution is 5.78. The number of alkyl halides is 3. The maximum Gasteiger partial charge on any atom is 0.405 e. The van der Waals surface area contributed by atoms with Crippen molar-refractivity contribution in [3.05, 3.63) is 0 Å². The minimum Gasteiger partial charge on any atom is -0.395 e. The molecule has 1 aliphatic heterocycles. The quantitative estimate of drug-likeness (QED) is 0.601. The Morgan fingerprint density at radius 2 is 2.21 bits per heavy atom. The van der Waals surface area contributed by atoms with Gasteiger partial charge in [0.1, 0.15) is 6.54 Å². The predicted octanol–water partition coefficient (Wildman–Crippen LogP) is -0.289. The third-order valence-corrected chi connectivity index (χ3v) is 2.91. The van der Waals surface area contributed by atoms with Crippen LogP contribution in [0, 0.1) is 0 Å². The summed E-state index contributed by atoms with van der Waals surface area (Å²) in [6, 6.07) is 0.238. The van der Waals surface area contributed by atoms with Crippen LogP contribution in [0.2, 0.25) is 0 Å². The molecule has 1 amide bonds. The first-order valence-corrected chi connectivity index (χ1v) is 6.31. The van der Waals surface area contributed by atoms with Crippen molar-refractivity contribution in [3.8, 4) is 0 Å². The monoisotopic (exact) mass is 283 g/mol. The van der Waals surface area contributed by atoms with Crippen LogP contribution in [0.1, 0.15) is 12.8 Å². The van der Waals surface area contributed by atoms with E-state index in [1.807, 2.05) is 5.32 Å². The van der Waals surface area contributed by atoms with Gasteiger partial charge in [-0.2, -0.15) is 13.2 Å². The largest absolute Gasteiger partial charge is 0.405 e. The molecule has 0 saturated carbocycles. The van der Waals surface area contributed by atoms with Gasteiger partial charge in [0, 0.05) is 19.1 Å². The summed E-state index contributed by atoms with van der Waals surface area (Å²) in [6.07, 6.45) is -2.37. The van der Waals surface area contributed by atoms with Gasteiger partial charge in [0.15, 0.2) is 0 Å². The highest BCUT2D eigenvalue weighted by atomic mass is 19.4. The molecule has 1 saturated heterocycles. The van der Waals surface area contributed by atoms with Gasteiger partial charge in [-0.15, -0.1) is 0 Å². The zero-order valence-electron chi connectivity index (χ0n) is 10.7. The summed E-state index contributed by atoms with van der Waals surface area (Å²) in [5, 5.41) is 14.0. The third-order valence-electron chi connectivity index (χ3n) is 2.91. The van der Waals surface area contributed by atoms with E-state index in [0.29, 0.717) is 6.54 Å². The molecule has 0 bridgehead atoms. The van der Waals surface area contributed by atoms with Crippen molar-refractivity contribution < 1.29 is 23.1 Å². The van der Waals surface area contributed by atoms with E-state index in [2.05, 4.69) is 5.32 Å². The van der Waals surface area contributed by atoms with Crippen molar-refractivity contribution in [3.63, 3.8) is 0 Å². The maximum atomic E-state index is 12.0. The van der Waals surface area contributed by atoms with Crippen molar-refractivity contribution in [2.24, 2.45) is 0 Å². The molecule has 112 valence electrons. The number of aliphatic hydroxyl groups excluding tert-OH is 1. The van der Waals surface area contributed by atoms with Crippen LogP contribution in [-0.2, 0) is 4.79 Å². The average Bonchev–Trinajstić information content (AvgIpc) is 2.78. The first kappa shape index (κ1) is 16.2. The Bertz CT molecular complexity index is 281. The van der Waals surface area contributed by atoms with E-state index in [4.69, 9.17) is 5.11 Å². The van der Waals surface area contributed by atoms with Crippen molar-refractivity contribution in [1.82, 2.24) is 15.5 Å². The van der Waals surface area contributed by atoms with Crippen LogP contribution in [0.4, 0.5) is 13.2 Å². The lowest BCUT2D eigenvalue weighted by molar-refractivity contribution is -0.139. The van der Waals surface area contributed by atoms with Gasteiger partial charge in [0.2, 0.25) is 5.91 Å². The Labute approximate surface area is 110 Å². The summed E-state index contributed by atoms with van der Waals surface area (Å²) in [6.45, 7) is 0.171. The van der Waals surface area contributed by atoms with Crippen molar-refractivity contribution >= 4 is 5.91 Å². The second kappa shape index (κ2) is 7.66. The van der Waals surface area contributed by atoms with Crippen molar-refractivity contribution in [2.75, 3.05) is 39.3 Å². The van der Waals surface area contributed by atoms with Gasteiger partial charge in [-0.05, 0) is 19.4 Å². The molecule has 5 nitrogen and oxygen atoms in total. The van der Waals surface area contributed by atoms with Crippen LogP contribution < -0.4 is 10.6 Å². The normalized spacial score (nSPS) is 19.9. The topological polar surface area (TPSA) is 64.6 Å². The Morgan fingerprint density at radius 3 is 2.74 bits per heavy atom. The van der Waals surface area contributed by atoms with Gasteiger partial charge in [0.05, 0.1) is 13.2 Å². The van der Waals surface area contributed by atoms with Gasteiger partial charge < -0.3 is 15.7 Å².